The number of fused-ring (bicyclic) bond motifs is 1. The SMILES string of the molecule is C.C.C=CO.COC(=O)C1CC1.[HH].c1ccc(OCCc2ccc3ccccc3c2)cc1. The first-order valence-corrected chi connectivity index (χ1v) is 9.66. The zero-order valence-corrected chi connectivity index (χ0v) is 16.8. The molecule has 4 nitrogen and oxygen atoms in total. The molecule has 31 heavy (non-hydrogen) atoms. The first-order chi connectivity index (χ1) is 14.2. The van der Waals surface area contributed by atoms with Gasteiger partial charge in [-0.2, -0.15) is 0 Å². The second-order valence-electron chi connectivity index (χ2n) is 6.57. The summed E-state index contributed by atoms with van der Waals surface area (Å²) in [6.07, 6.45) is 3.75. The Bertz CT molecular complexity index is 892. The first kappa shape index (κ1) is 27.7. The maximum absolute atomic E-state index is 10.4. The van der Waals surface area contributed by atoms with Crippen molar-refractivity contribution < 1.29 is 20.8 Å². The largest absolute Gasteiger partial charge is 0.516 e. The van der Waals surface area contributed by atoms with Crippen LogP contribution in [-0.4, -0.2) is 24.8 Å². The number of carbonyl (C=O) groups is 1. The zero-order valence-electron chi connectivity index (χ0n) is 16.8. The molecule has 4 rings (SSSR count). The number of benzene rings is 3. The van der Waals surface area contributed by atoms with E-state index >= 15 is 0 Å². The number of carbonyl (C=O) groups excluding carboxylic acids is 1. The molecule has 0 bridgehead atoms. The fourth-order valence-corrected chi connectivity index (χ4v) is 2.68. The molecule has 1 saturated carbocycles. The van der Waals surface area contributed by atoms with Gasteiger partial charge in [-0.05, 0) is 41.3 Å². The van der Waals surface area contributed by atoms with Crippen molar-refractivity contribution in [2.45, 2.75) is 34.1 Å². The molecule has 0 aromatic heterocycles. The van der Waals surface area contributed by atoms with Gasteiger partial charge in [0.15, 0.2) is 0 Å². The molecule has 0 radical (unpaired) electrons. The average molecular weight is 427 g/mol. The van der Waals surface area contributed by atoms with E-state index in [-0.39, 0.29) is 28.2 Å². The van der Waals surface area contributed by atoms with Gasteiger partial charge >= 0.3 is 5.97 Å². The van der Waals surface area contributed by atoms with Crippen LogP contribution in [0, 0.1) is 5.92 Å². The molecule has 0 aliphatic heterocycles. The topological polar surface area (TPSA) is 55.8 Å². The fraction of sp³-hybridized carbons (Fsp3) is 0.296. The highest BCUT2D eigenvalue weighted by Crippen LogP contribution is 2.29. The quantitative estimate of drug-likeness (QED) is 0.345. The standard InChI is InChI=1S/C18H16O.C5H8O2.C2H4O.2CH4.H2/c1-2-8-18(9-3-1)19-13-12-15-10-11-16-6-4-5-7-17(16)14-15;1-7-5(6)4-2-3-4;1-2-3;;;/h1-11,14H,12-13H2;4H,2-3H2,1H3;2-3H,1H2;2*1H4;1H. The smallest absolute Gasteiger partial charge is 0.308 e. The monoisotopic (exact) mass is 426 g/mol. The highest BCUT2D eigenvalue weighted by molar-refractivity contribution is 5.83. The van der Waals surface area contributed by atoms with Gasteiger partial charge in [0.1, 0.15) is 5.75 Å². The number of aliphatic hydroxyl groups is 1. The van der Waals surface area contributed by atoms with Crippen LogP contribution in [0.25, 0.3) is 10.8 Å². The summed E-state index contributed by atoms with van der Waals surface area (Å²) in [4.78, 5) is 10.4. The Balaban J connectivity index is 0. The number of para-hydroxylation sites is 1. The minimum Gasteiger partial charge on any atom is -0.516 e. The van der Waals surface area contributed by atoms with Crippen molar-refractivity contribution in [3.63, 3.8) is 0 Å². The van der Waals surface area contributed by atoms with E-state index in [0.717, 1.165) is 31.3 Å². The lowest BCUT2D eigenvalue weighted by molar-refractivity contribution is -0.142. The van der Waals surface area contributed by atoms with Crippen LogP contribution in [0.3, 0.4) is 0 Å². The van der Waals surface area contributed by atoms with Crippen LogP contribution < -0.4 is 4.74 Å². The van der Waals surface area contributed by atoms with Gasteiger partial charge in [-0.3, -0.25) is 4.79 Å². The normalized spacial score (nSPS) is 11.1. The molecule has 3 aromatic carbocycles. The number of hydrogen-bond donors (Lipinski definition) is 1. The Morgan fingerprint density at radius 2 is 1.61 bits per heavy atom. The first-order valence-electron chi connectivity index (χ1n) is 9.66. The van der Waals surface area contributed by atoms with Gasteiger partial charge in [-0.25, -0.2) is 0 Å². The fourth-order valence-electron chi connectivity index (χ4n) is 2.68. The summed E-state index contributed by atoms with van der Waals surface area (Å²) in [5, 5.41) is 9.91. The molecular formula is C27H38O4. The van der Waals surface area contributed by atoms with Crippen LogP contribution in [0.5, 0.6) is 5.75 Å². The lowest BCUT2D eigenvalue weighted by Gasteiger charge is -2.07. The molecule has 1 aliphatic rings. The van der Waals surface area contributed by atoms with E-state index < -0.39 is 0 Å². The molecule has 0 unspecified atom stereocenters. The molecule has 0 heterocycles. The van der Waals surface area contributed by atoms with Crippen LogP contribution in [0.1, 0.15) is 34.7 Å². The predicted molar refractivity (Wildman–Crippen MR) is 133 cm³/mol. The van der Waals surface area contributed by atoms with Crippen molar-refractivity contribution in [1.82, 2.24) is 0 Å². The van der Waals surface area contributed by atoms with Gasteiger partial charge in [0.2, 0.25) is 0 Å². The number of methoxy groups -OCH3 is 1. The molecule has 1 fully saturated rings. The van der Waals surface area contributed by atoms with Gasteiger partial charge in [0, 0.05) is 7.85 Å². The third-order valence-corrected chi connectivity index (χ3v) is 4.33. The lowest BCUT2D eigenvalue weighted by Crippen LogP contribution is -2.01. The van der Waals surface area contributed by atoms with Crippen molar-refractivity contribution in [2.24, 2.45) is 5.92 Å². The van der Waals surface area contributed by atoms with E-state index in [1.54, 1.807) is 0 Å². The van der Waals surface area contributed by atoms with Gasteiger partial charge in [0.05, 0.1) is 25.9 Å². The second kappa shape index (κ2) is 15.6. The van der Waals surface area contributed by atoms with Crippen LogP contribution in [0.15, 0.2) is 85.6 Å². The number of rotatable bonds is 5. The molecule has 0 atom stereocenters. The lowest BCUT2D eigenvalue weighted by atomic mass is 10.1. The van der Waals surface area contributed by atoms with Gasteiger partial charge in [-0.1, -0.05) is 82.1 Å². The Morgan fingerprint density at radius 3 is 2.16 bits per heavy atom. The Kier molecular flexibility index (Phi) is 13.9. The Labute approximate surface area is 188 Å². The maximum Gasteiger partial charge on any atom is 0.308 e. The van der Waals surface area contributed by atoms with E-state index in [1.807, 2.05) is 30.3 Å². The zero-order chi connectivity index (χ0) is 20.9. The highest BCUT2D eigenvalue weighted by atomic mass is 16.5. The molecule has 1 aliphatic carbocycles. The number of ether oxygens (including phenoxy) is 2. The summed E-state index contributed by atoms with van der Waals surface area (Å²) in [6.45, 7) is 3.63. The predicted octanol–water partition coefficient (Wildman–Crippen LogP) is 7.24. The van der Waals surface area contributed by atoms with E-state index in [9.17, 15) is 4.79 Å². The molecule has 3 aromatic rings. The Hall–Kier alpha value is -3.27. The van der Waals surface area contributed by atoms with Crippen molar-refractivity contribution in [2.75, 3.05) is 13.7 Å². The van der Waals surface area contributed by atoms with Crippen molar-refractivity contribution in [1.29, 1.82) is 0 Å². The summed E-state index contributed by atoms with van der Waals surface area (Å²) in [5.41, 5.74) is 1.31. The minimum absolute atomic E-state index is 0. The average Bonchev–Trinajstić information content (AvgIpc) is 3.60. The molecule has 0 amide bonds. The third kappa shape index (κ3) is 10.4. The van der Waals surface area contributed by atoms with Crippen molar-refractivity contribution in [3.05, 3.63) is 91.2 Å². The number of aliphatic hydroxyl groups excluding tert-OH is 1. The van der Waals surface area contributed by atoms with E-state index in [1.165, 1.54) is 23.4 Å². The molecule has 0 spiro atoms. The number of esters is 1. The van der Waals surface area contributed by atoms with E-state index in [0.29, 0.717) is 6.61 Å². The minimum atomic E-state index is -0.0417. The summed E-state index contributed by atoms with van der Waals surface area (Å²) >= 11 is 0. The summed E-state index contributed by atoms with van der Waals surface area (Å²) in [7, 11) is 1.43. The third-order valence-electron chi connectivity index (χ3n) is 4.33. The van der Waals surface area contributed by atoms with Crippen LogP contribution in [-0.2, 0) is 16.0 Å². The van der Waals surface area contributed by atoms with Crippen molar-refractivity contribution in [3.8, 4) is 5.75 Å². The van der Waals surface area contributed by atoms with Gasteiger partial charge in [-0.15, -0.1) is 0 Å². The molecule has 170 valence electrons. The highest BCUT2D eigenvalue weighted by Gasteiger charge is 2.30. The van der Waals surface area contributed by atoms with Gasteiger partial charge < -0.3 is 14.6 Å². The summed E-state index contributed by atoms with van der Waals surface area (Å²) in [5.74, 6) is 1.15. The van der Waals surface area contributed by atoms with Gasteiger partial charge in [0.25, 0.3) is 0 Å². The summed E-state index contributed by atoms with van der Waals surface area (Å²) in [6, 6.07) is 25.0. The molecule has 0 saturated heterocycles. The maximum atomic E-state index is 10.4. The molecular weight excluding hydrogens is 388 g/mol. The van der Waals surface area contributed by atoms with E-state index in [2.05, 4.69) is 53.8 Å². The van der Waals surface area contributed by atoms with Crippen LogP contribution in [0.4, 0.5) is 0 Å². The Morgan fingerprint density at radius 1 is 1.03 bits per heavy atom. The van der Waals surface area contributed by atoms with Crippen LogP contribution in [0.2, 0.25) is 0 Å². The van der Waals surface area contributed by atoms with Crippen LogP contribution >= 0.6 is 0 Å². The van der Waals surface area contributed by atoms with E-state index in [4.69, 9.17) is 9.84 Å². The molecule has 1 N–H and O–H groups in total. The second-order valence-corrected chi connectivity index (χ2v) is 6.57. The number of hydrogen-bond acceptors (Lipinski definition) is 4. The summed E-state index contributed by atoms with van der Waals surface area (Å²) < 4.78 is 10.2. The molecule has 4 heteroatoms. The van der Waals surface area contributed by atoms with Crippen molar-refractivity contribution >= 4 is 16.7 Å².